The average Bonchev–Trinajstić information content (AvgIpc) is 3.24. The van der Waals surface area contributed by atoms with E-state index in [0.717, 1.165) is 0 Å². The number of aromatic nitrogens is 1. The van der Waals surface area contributed by atoms with E-state index in [1.165, 1.54) is 30.4 Å². The van der Waals surface area contributed by atoms with E-state index in [1.54, 1.807) is 23.6 Å². The van der Waals surface area contributed by atoms with E-state index >= 15 is 0 Å². The number of halogens is 1. The minimum Gasteiger partial charge on any atom is -0.507 e. The molecule has 0 unspecified atom stereocenters. The van der Waals surface area contributed by atoms with Crippen molar-refractivity contribution in [1.82, 2.24) is 10.3 Å². The van der Waals surface area contributed by atoms with Gasteiger partial charge in [-0.15, -0.1) is 11.3 Å². The predicted octanol–water partition coefficient (Wildman–Crippen LogP) is 3.76. The molecule has 2 amide bonds. The number of aromatic hydroxyl groups is 1. The maximum absolute atomic E-state index is 12.3. The molecule has 1 aromatic carbocycles. The minimum absolute atomic E-state index is 0.115. The van der Waals surface area contributed by atoms with Gasteiger partial charge in [-0.3, -0.25) is 14.9 Å². The number of nitrogens with zero attached hydrogens (tertiary/aromatic N) is 1. The SMILES string of the molecule is CC(=O)NCc1ccc(-c2csc(NC(=O)c3cc(Br)ccc3O)n2)o1. The van der Waals surface area contributed by atoms with Crippen LogP contribution in [0.25, 0.3) is 11.5 Å². The molecule has 9 heteroatoms. The number of furan rings is 1. The lowest BCUT2D eigenvalue weighted by atomic mass is 10.2. The Bertz CT molecular complexity index is 967. The van der Waals surface area contributed by atoms with Crippen molar-refractivity contribution in [3.05, 3.63) is 51.5 Å². The Balaban J connectivity index is 1.71. The molecular formula is C17H14BrN3O4S. The van der Waals surface area contributed by atoms with Crippen molar-refractivity contribution in [2.75, 3.05) is 5.32 Å². The number of phenols is 1. The summed E-state index contributed by atoms with van der Waals surface area (Å²) in [5.41, 5.74) is 0.713. The van der Waals surface area contributed by atoms with Crippen LogP contribution >= 0.6 is 27.3 Å². The number of rotatable bonds is 5. The molecule has 26 heavy (non-hydrogen) atoms. The van der Waals surface area contributed by atoms with Gasteiger partial charge < -0.3 is 14.8 Å². The van der Waals surface area contributed by atoms with Gasteiger partial charge in [-0.2, -0.15) is 0 Å². The van der Waals surface area contributed by atoms with Crippen LogP contribution in [0.3, 0.4) is 0 Å². The molecule has 0 aliphatic carbocycles. The van der Waals surface area contributed by atoms with Crippen LogP contribution < -0.4 is 10.6 Å². The molecular weight excluding hydrogens is 422 g/mol. The van der Waals surface area contributed by atoms with Crippen LogP contribution in [-0.4, -0.2) is 21.9 Å². The number of nitrogens with one attached hydrogen (secondary N) is 2. The van der Waals surface area contributed by atoms with Crippen molar-refractivity contribution in [2.45, 2.75) is 13.5 Å². The second-order valence-corrected chi connectivity index (χ2v) is 7.10. The Morgan fingerprint density at radius 2 is 2.12 bits per heavy atom. The number of thiazole rings is 1. The number of hydrogen-bond donors (Lipinski definition) is 3. The van der Waals surface area contributed by atoms with Gasteiger partial charge in [0, 0.05) is 16.8 Å². The summed E-state index contributed by atoms with van der Waals surface area (Å²) in [5, 5.41) is 17.2. The summed E-state index contributed by atoms with van der Waals surface area (Å²) in [4.78, 5) is 27.6. The Kier molecular flexibility index (Phi) is 5.38. The van der Waals surface area contributed by atoms with E-state index in [2.05, 4.69) is 31.5 Å². The fourth-order valence-corrected chi connectivity index (χ4v) is 3.18. The van der Waals surface area contributed by atoms with Crippen LogP contribution in [0.1, 0.15) is 23.0 Å². The fraction of sp³-hybridized carbons (Fsp3) is 0.118. The van der Waals surface area contributed by atoms with Crippen LogP contribution in [0, 0.1) is 0 Å². The highest BCUT2D eigenvalue weighted by Gasteiger charge is 2.15. The summed E-state index contributed by atoms with van der Waals surface area (Å²) < 4.78 is 6.31. The molecule has 7 nitrogen and oxygen atoms in total. The summed E-state index contributed by atoms with van der Waals surface area (Å²) in [5.74, 6) is 0.421. The molecule has 0 aliphatic heterocycles. The van der Waals surface area contributed by atoms with Crippen molar-refractivity contribution >= 4 is 44.2 Å². The second-order valence-electron chi connectivity index (χ2n) is 5.33. The lowest BCUT2D eigenvalue weighted by molar-refractivity contribution is -0.119. The molecule has 0 bridgehead atoms. The molecule has 3 N–H and O–H groups in total. The third kappa shape index (κ3) is 4.30. The van der Waals surface area contributed by atoms with Crippen LogP contribution in [0.5, 0.6) is 5.75 Å². The average molecular weight is 436 g/mol. The quantitative estimate of drug-likeness (QED) is 0.565. The summed E-state index contributed by atoms with van der Waals surface area (Å²) in [7, 11) is 0. The van der Waals surface area contributed by atoms with Crippen LogP contribution in [0.15, 0.2) is 44.6 Å². The van der Waals surface area contributed by atoms with E-state index < -0.39 is 5.91 Å². The zero-order valence-electron chi connectivity index (χ0n) is 13.6. The largest absolute Gasteiger partial charge is 0.507 e. The molecule has 0 aliphatic rings. The summed E-state index contributed by atoms with van der Waals surface area (Å²) >= 11 is 4.50. The molecule has 0 saturated carbocycles. The van der Waals surface area contributed by atoms with E-state index in [4.69, 9.17) is 4.42 Å². The molecule has 3 aromatic rings. The molecule has 3 rings (SSSR count). The molecule has 0 atom stereocenters. The highest BCUT2D eigenvalue weighted by atomic mass is 79.9. The maximum Gasteiger partial charge on any atom is 0.261 e. The van der Waals surface area contributed by atoms with Crippen LogP contribution in [-0.2, 0) is 11.3 Å². The van der Waals surface area contributed by atoms with E-state index in [0.29, 0.717) is 33.4 Å². The van der Waals surface area contributed by atoms with Crippen molar-refractivity contribution in [3.8, 4) is 17.2 Å². The summed E-state index contributed by atoms with van der Waals surface area (Å²) in [6.07, 6.45) is 0. The highest BCUT2D eigenvalue weighted by molar-refractivity contribution is 9.10. The molecule has 134 valence electrons. The van der Waals surface area contributed by atoms with E-state index in [9.17, 15) is 14.7 Å². The lowest BCUT2D eigenvalue weighted by Crippen LogP contribution is -2.18. The molecule has 2 aromatic heterocycles. The summed E-state index contributed by atoms with van der Waals surface area (Å²) in [6, 6.07) is 8.11. The van der Waals surface area contributed by atoms with Crippen molar-refractivity contribution in [1.29, 1.82) is 0 Å². The third-order valence-electron chi connectivity index (χ3n) is 3.35. The van der Waals surface area contributed by atoms with Gasteiger partial charge in [-0.1, -0.05) is 15.9 Å². The van der Waals surface area contributed by atoms with Crippen LogP contribution in [0.4, 0.5) is 5.13 Å². The third-order valence-corrected chi connectivity index (χ3v) is 4.60. The lowest BCUT2D eigenvalue weighted by Gasteiger charge is -2.04. The number of benzene rings is 1. The maximum atomic E-state index is 12.3. The normalized spacial score (nSPS) is 10.5. The van der Waals surface area contributed by atoms with Gasteiger partial charge in [-0.05, 0) is 30.3 Å². The topological polar surface area (TPSA) is 104 Å². The van der Waals surface area contributed by atoms with Crippen molar-refractivity contribution in [2.24, 2.45) is 0 Å². The Morgan fingerprint density at radius 1 is 1.31 bits per heavy atom. The van der Waals surface area contributed by atoms with Gasteiger partial charge in [0.15, 0.2) is 10.9 Å². The van der Waals surface area contributed by atoms with Crippen LogP contribution in [0.2, 0.25) is 0 Å². The monoisotopic (exact) mass is 435 g/mol. The molecule has 2 heterocycles. The van der Waals surface area contributed by atoms with Crippen molar-refractivity contribution in [3.63, 3.8) is 0 Å². The van der Waals surface area contributed by atoms with Gasteiger partial charge >= 0.3 is 0 Å². The first-order valence-corrected chi connectivity index (χ1v) is 9.18. The number of hydrogen-bond acceptors (Lipinski definition) is 6. The Hall–Kier alpha value is -2.65. The van der Waals surface area contributed by atoms with E-state index in [1.807, 2.05) is 0 Å². The number of carbonyl (C=O) groups is 2. The van der Waals surface area contributed by atoms with Gasteiger partial charge in [0.05, 0.1) is 12.1 Å². The zero-order chi connectivity index (χ0) is 18.7. The number of anilines is 1. The number of phenolic OH excluding ortho intramolecular Hbond substituents is 1. The smallest absolute Gasteiger partial charge is 0.261 e. The first-order valence-electron chi connectivity index (χ1n) is 7.51. The van der Waals surface area contributed by atoms with Crippen molar-refractivity contribution < 1.29 is 19.1 Å². The molecule has 0 fully saturated rings. The minimum atomic E-state index is -0.463. The summed E-state index contributed by atoms with van der Waals surface area (Å²) in [6.45, 7) is 1.73. The zero-order valence-corrected chi connectivity index (χ0v) is 16.0. The highest BCUT2D eigenvalue weighted by Crippen LogP contribution is 2.28. The standard InChI is InChI=1S/C17H14BrN3O4S/c1-9(22)19-7-11-3-5-15(25-11)13-8-26-17(20-13)21-16(24)12-6-10(18)2-4-14(12)23/h2-6,8,23H,7H2,1H3,(H,19,22)(H,20,21,24). The predicted molar refractivity (Wildman–Crippen MR) is 101 cm³/mol. The first-order chi connectivity index (χ1) is 12.4. The van der Waals surface area contributed by atoms with Gasteiger partial charge in [-0.25, -0.2) is 4.98 Å². The van der Waals surface area contributed by atoms with Gasteiger partial charge in [0.2, 0.25) is 5.91 Å². The number of carbonyl (C=O) groups excluding carboxylic acids is 2. The van der Waals surface area contributed by atoms with E-state index in [-0.39, 0.29) is 17.2 Å². The molecule has 0 radical (unpaired) electrons. The Labute approximate surface area is 161 Å². The number of amides is 2. The fourth-order valence-electron chi connectivity index (χ4n) is 2.12. The molecule has 0 saturated heterocycles. The molecule has 0 spiro atoms. The van der Waals surface area contributed by atoms with Gasteiger partial charge in [0.1, 0.15) is 17.2 Å². The van der Waals surface area contributed by atoms with Gasteiger partial charge in [0.25, 0.3) is 5.91 Å². The first kappa shape index (κ1) is 18.2. The second kappa shape index (κ2) is 7.71. The Morgan fingerprint density at radius 3 is 2.88 bits per heavy atom.